The molecule has 0 aliphatic carbocycles. The van der Waals surface area contributed by atoms with E-state index in [0.29, 0.717) is 0 Å². The van der Waals surface area contributed by atoms with Crippen molar-refractivity contribution in [1.29, 1.82) is 0 Å². The smallest absolute Gasteiger partial charge is 0.280 e. The predicted octanol–water partition coefficient (Wildman–Crippen LogP) is 1.53. The molecule has 7 heteroatoms. The van der Waals surface area contributed by atoms with E-state index in [1.807, 2.05) is 0 Å². The summed E-state index contributed by atoms with van der Waals surface area (Å²) in [5, 5.41) is 7.33. The number of hydrogen-bond acceptors (Lipinski definition) is 4. The Morgan fingerprint density at radius 2 is 2.33 bits per heavy atom. The minimum Gasteiger partial charge on any atom is -0.316 e. The van der Waals surface area contributed by atoms with Crippen molar-refractivity contribution < 1.29 is 8.78 Å². The molecule has 1 aliphatic heterocycles. The number of nitrogens with zero attached hydrogens (tertiary/aromatic N) is 4. The van der Waals surface area contributed by atoms with Gasteiger partial charge in [0.2, 0.25) is 0 Å². The number of piperidine rings is 1. The zero-order chi connectivity index (χ0) is 12.5. The Morgan fingerprint density at radius 1 is 1.44 bits per heavy atom. The predicted molar refractivity (Wildman–Crippen MR) is 60.6 cm³/mol. The lowest BCUT2D eigenvalue weighted by Crippen LogP contribution is -2.29. The monoisotopic (exact) mass is 253 g/mol. The van der Waals surface area contributed by atoms with Crippen molar-refractivity contribution in [2.45, 2.75) is 25.2 Å². The summed E-state index contributed by atoms with van der Waals surface area (Å²) in [6.07, 6.45) is 0.765. The van der Waals surface area contributed by atoms with Gasteiger partial charge >= 0.3 is 0 Å². The molecule has 0 aromatic carbocycles. The van der Waals surface area contributed by atoms with Crippen LogP contribution in [0.2, 0.25) is 0 Å². The number of hydrogen-bond donors (Lipinski definition) is 1. The highest BCUT2D eigenvalue weighted by atomic mass is 19.3. The van der Waals surface area contributed by atoms with E-state index < -0.39 is 6.43 Å². The zero-order valence-corrected chi connectivity index (χ0v) is 9.68. The molecule has 0 radical (unpaired) electrons. The first-order chi connectivity index (χ1) is 8.75. The van der Waals surface area contributed by atoms with Crippen LogP contribution in [0.25, 0.3) is 5.78 Å². The van der Waals surface area contributed by atoms with Crippen molar-refractivity contribution in [3.05, 3.63) is 23.8 Å². The minimum absolute atomic E-state index is 0.184. The van der Waals surface area contributed by atoms with Crippen molar-refractivity contribution >= 4 is 5.78 Å². The molecular weight excluding hydrogens is 240 g/mol. The lowest BCUT2D eigenvalue weighted by atomic mass is 9.95. The van der Waals surface area contributed by atoms with Gasteiger partial charge in [0.25, 0.3) is 12.2 Å². The van der Waals surface area contributed by atoms with Gasteiger partial charge in [-0.1, -0.05) is 0 Å². The van der Waals surface area contributed by atoms with Crippen molar-refractivity contribution in [3.8, 4) is 0 Å². The van der Waals surface area contributed by atoms with Crippen LogP contribution in [0.3, 0.4) is 0 Å². The van der Waals surface area contributed by atoms with Crippen LogP contribution in [0.1, 0.15) is 36.6 Å². The second-order valence-corrected chi connectivity index (χ2v) is 4.42. The third-order valence-electron chi connectivity index (χ3n) is 3.24. The summed E-state index contributed by atoms with van der Waals surface area (Å²) in [4.78, 5) is 7.71. The molecule has 18 heavy (non-hydrogen) atoms. The number of alkyl halides is 2. The van der Waals surface area contributed by atoms with Crippen LogP contribution < -0.4 is 5.32 Å². The van der Waals surface area contributed by atoms with Gasteiger partial charge in [-0.05, 0) is 25.5 Å². The molecule has 3 rings (SSSR count). The van der Waals surface area contributed by atoms with E-state index in [2.05, 4.69) is 20.4 Å². The first kappa shape index (κ1) is 11.5. The van der Waals surface area contributed by atoms with Crippen LogP contribution in [0.5, 0.6) is 0 Å². The second-order valence-electron chi connectivity index (χ2n) is 4.42. The summed E-state index contributed by atoms with van der Waals surface area (Å²) in [6, 6.07) is 1.45. The third-order valence-corrected chi connectivity index (χ3v) is 3.24. The Kier molecular flexibility index (Phi) is 2.91. The minimum atomic E-state index is -2.58. The number of rotatable bonds is 2. The van der Waals surface area contributed by atoms with Crippen molar-refractivity contribution in [2.75, 3.05) is 13.1 Å². The number of nitrogens with one attached hydrogen (secondary N) is 1. The van der Waals surface area contributed by atoms with Crippen LogP contribution in [0.4, 0.5) is 8.78 Å². The van der Waals surface area contributed by atoms with E-state index in [1.54, 1.807) is 4.52 Å². The Labute approximate surface area is 102 Å². The van der Waals surface area contributed by atoms with Gasteiger partial charge in [-0.2, -0.15) is 10.1 Å². The highest BCUT2D eigenvalue weighted by Gasteiger charge is 2.22. The zero-order valence-electron chi connectivity index (χ0n) is 9.68. The van der Waals surface area contributed by atoms with Gasteiger partial charge in [-0.15, -0.1) is 0 Å². The highest BCUT2D eigenvalue weighted by molar-refractivity contribution is 5.32. The average molecular weight is 253 g/mol. The van der Waals surface area contributed by atoms with Gasteiger partial charge in [-0.3, -0.25) is 0 Å². The molecule has 1 N–H and O–H groups in total. The molecule has 0 amide bonds. The van der Waals surface area contributed by atoms with E-state index in [0.717, 1.165) is 31.6 Å². The highest BCUT2D eigenvalue weighted by Crippen LogP contribution is 2.26. The summed E-state index contributed by atoms with van der Waals surface area (Å²) in [5.41, 5.74) is 0.538. The molecule has 1 fully saturated rings. The molecule has 0 unspecified atom stereocenters. The molecule has 0 spiro atoms. The fourth-order valence-corrected chi connectivity index (χ4v) is 2.36. The maximum absolute atomic E-state index is 12.8. The fourth-order valence-electron chi connectivity index (χ4n) is 2.36. The van der Waals surface area contributed by atoms with Crippen LogP contribution >= 0.6 is 0 Å². The summed E-state index contributed by atoms with van der Waals surface area (Å²) in [6.45, 7) is 1.76. The van der Waals surface area contributed by atoms with E-state index in [-0.39, 0.29) is 17.4 Å². The molecule has 2 aromatic heterocycles. The first-order valence-corrected chi connectivity index (χ1v) is 5.95. The van der Waals surface area contributed by atoms with Gasteiger partial charge in [-0.25, -0.2) is 18.3 Å². The molecular formula is C11H13F2N5. The van der Waals surface area contributed by atoms with Crippen molar-refractivity contribution in [2.24, 2.45) is 0 Å². The summed E-state index contributed by atoms with van der Waals surface area (Å²) in [5.74, 6) is 0.428. The Balaban J connectivity index is 2.09. The van der Waals surface area contributed by atoms with Gasteiger partial charge in [0.1, 0.15) is 12.0 Å². The molecule has 2 aromatic rings. The third kappa shape index (κ3) is 1.94. The van der Waals surface area contributed by atoms with Gasteiger partial charge < -0.3 is 5.32 Å². The normalized spacial score (nSPS) is 20.7. The lowest BCUT2D eigenvalue weighted by Gasteiger charge is -2.23. The second kappa shape index (κ2) is 4.56. The SMILES string of the molecule is FC(F)c1cc([C@H]2CCCNC2)n2ncnc2n1. The summed E-state index contributed by atoms with van der Waals surface area (Å²) >= 11 is 0. The maximum Gasteiger partial charge on any atom is 0.280 e. The molecule has 3 heterocycles. The fraction of sp³-hybridized carbons (Fsp3) is 0.545. The molecule has 1 saturated heterocycles. The quantitative estimate of drug-likeness (QED) is 0.881. The molecule has 0 bridgehead atoms. The van der Waals surface area contributed by atoms with Crippen molar-refractivity contribution in [3.63, 3.8) is 0 Å². The Bertz CT molecular complexity index is 547. The number of aromatic nitrogens is 4. The van der Waals surface area contributed by atoms with Gasteiger partial charge in [0.15, 0.2) is 0 Å². The molecule has 0 saturated carbocycles. The lowest BCUT2D eigenvalue weighted by molar-refractivity contribution is 0.146. The van der Waals surface area contributed by atoms with Crippen LogP contribution in [-0.4, -0.2) is 32.7 Å². The Hall–Kier alpha value is -1.63. The van der Waals surface area contributed by atoms with E-state index in [9.17, 15) is 8.78 Å². The van der Waals surface area contributed by atoms with Gasteiger partial charge in [0.05, 0.1) is 5.69 Å². The van der Waals surface area contributed by atoms with Gasteiger partial charge in [0, 0.05) is 12.5 Å². The van der Waals surface area contributed by atoms with E-state index >= 15 is 0 Å². The first-order valence-electron chi connectivity index (χ1n) is 5.95. The Morgan fingerprint density at radius 3 is 3.06 bits per heavy atom. The van der Waals surface area contributed by atoms with Crippen LogP contribution in [-0.2, 0) is 0 Å². The van der Waals surface area contributed by atoms with Crippen molar-refractivity contribution in [1.82, 2.24) is 24.9 Å². The van der Waals surface area contributed by atoms with Crippen LogP contribution in [0.15, 0.2) is 12.4 Å². The molecule has 1 atom stereocenters. The largest absolute Gasteiger partial charge is 0.316 e. The maximum atomic E-state index is 12.8. The van der Waals surface area contributed by atoms with E-state index in [1.165, 1.54) is 12.4 Å². The topological polar surface area (TPSA) is 55.1 Å². The molecule has 5 nitrogen and oxygen atoms in total. The molecule has 96 valence electrons. The number of halogens is 2. The standard InChI is InChI=1S/C11H13F2N5/c12-10(13)8-4-9(7-2-1-3-14-5-7)18-11(17-8)15-6-16-18/h4,6-7,10,14H,1-3,5H2/t7-/m0/s1. The van der Waals surface area contributed by atoms with Crippen LogP contribution in [0, 0.1) is 0 Å². The summed E-state index contributed by atoms with van der Waals surface area (Å²) < 4.78 is 27.2. The average Bonchev–Trinajstić information content (AvgIpc) is 2.86. The summed E-state index contributed by atoms with van der Waals surface area (Å²) in [7, 11) is 0. The number of fused-ring (bicyclic) bond motifs is 1. The molecule has 1 aliphatic rings. The van der Waals surface area contributed by atoms with E-state index in [4.69, 9.17) is 0 Å².